The minimum absolute atomic E-state index is 0.0199. The van der Waals surface area contributed by atoms with Gasteiger partial charge in [0.15, 0.2) is 5.65 Å². The van der Waals surface area contributed by atoms with Crippen molar-refractivity contribution in [2.45, 2.75) is 33.2 Å². The Hall–Kier alpha value is -3.88. The highest BCUT2D eigenvalue weighted by Gasteiger charge is 2.26. The van der Waals surface area contributed by atoms with Crippen molar-refractivity contribution in [3.05, 3.63) is 82.7 Å². The van der Waals surface area contributed by atoms with E-state index in [1.54, 1.807) is 12.3 Å². The van der Waals surface area contributed by atoms with Crippen molar-refractivity contribution < 1.29 is 4.79 Å². The molecule has 3 aromatic rings. The first kappa shape index (κ1) is 23.8. The minimum atomic E-state index is -0.377. The van der Waals surface area contributed by atoms with E-state index < -0.39 is 0 Å². The normalized spacial score (nSPS) is 16.3. The molecule has 1 fully saturated rings. The van der Waals surface area contributed by atoms with E-state index in [0.717, 1.165) is 36.7 Å². The van der Waals surface area contributed by atoms with Crippen LogP contribution in [0.2, 0.25) is 0 Å². The number of aromatic nitrogens is 4. The van der Waals surface area contributed by atoms with Crippen molar-refractivity contribution >= 4 is 17.4 Å². The Balaban J connectivity index is 0.000000329. The molecular weight excluding hydrogens is 418 g/mol. The number of carbonyl (C=O) groups excluding carboxylic acids is 1. The molecule has 0 bridgehead atoms. The third-order valence-corrected chi connectivity index (χ3v) is 5.13. The van der Waals surface area contributed by atoms with E-state index in [4.69, 9.17) is 0 Å². The summed E-state index contributed by atoms with van der Waals surface area (Å²) in [6, 6.07) is 7.02. The number of nitrogens with one attached hydrogen (secondary N) is 3. The van der Waals surface area contributed by atoms with Gasteiger partial charge in [-0.1, -0.05) is 26.0 Å². The summed E-state index contributed by atoms with van der Waals surface area (Å²) >= 11 is 0. The molecule has 9 heteroatoms. The third-order valence-electron chi connectivity index (χ3n) is 5.13. The van der Waals surface area contributed by atoms with Crippen LogP contribution < -0.4 is 21.1 Å². The molecule has 3 aromatic heterocycles. The van der Waals surface area contributed by atoms with Crippen LogP contribution in [-0.2, 0) is 0 Å². The lowest BCUT2D eigenvalue weighted by Crippen LogP contribution is -2.39. The van der Waals surface area contributed by atoms with Crippen LogP contribution in [-0.4, -0.2) is 51.2 Å². The van der Waals surface area contributed by atoms with E-state index in [-0.39, 0.29) is 23.1 Å². The van der Waals surface area contributed by atoms with Gasteiger partial charge in [0.1, 0.15) is 11.4 Å². The fraction of sp³-hybridized carbons (Fsp3) is 0.333. The Bertz CT molecular complexity index is 1170. The molecule has 2 aliphatic rings. The van der Waals surface area contributed by atoms with Gasteiger partial charge in [-0.2, -0.15) is 0 Å². The summed E-state index contributed by atoms with van der Waals surface area (Å²) in [6.07, 6.45) is 12.1. The molecule has 1 atom stereocenters. The van der Waals surface area contributed by atoms with Gasteiger partial charge in [-0.3, -0.25) is 9.59 Å². The highest BCUT2D eigenvalue weighted by Crippen LogP contribution is 2.19. The van der Waals surface area contributed by atoms with Crippen LogP contribution in [0, 0.1) is 6.92 Å². The summed E-state index contributed by atoms with van der Waals surface area (Å²) in [5, 5.41) is 10.6. The number of amides is 1. The Labute approximate surface area is 193 Å². The molecular formula is C24H31N7O2. The van der Waals surface area contributed by atoms with Gasteiger partial charge in [-0.25, -0.2) is 9.50 Å². The molecule has 0 radical (unpaired) electrons. The Morgan fingerprint density at radius 2 is 2.06 bits per heavy atom. The van der Waals surface area contributed by atoms with E-state index in [9.17, 15) is 9.59 Å². The number of H-pyrrole nitrogens is 1. The molecule has 5 rings (SSSR count). The zero-order valence-corrected chi connectivity index (χ0v) is 19.3. The molecule has 0 unspecified atom stereocenters. The molecule has 0 spiro atoms. The first-order valence-electron chi connectivity index (χ1n) is 11.2. The number of carbonyl (C=O) groups is 1. The summed E-state index contributed by atoms with van der Waals surface area (Å²) in [6.45, 7) is 8.39. The van der Waals surface area contributed by atoms with Crippen LogP contribution in [0.25, 0.3) is 5.65 Å². The molecule has 174 valence electrons. The predicted octanol–water partition coefficient (Wildman–Crippen LogP) is 2.42. The standard InChI is InChI=1S/C17H18N6O2.C5H7N.C2H6/c1-11-9-19-14-4-5-15(21-23(11)14)22-8-6-12(10-22)20-17(25)13-3-2-7-18-16(13)24;1-2-4-6-5-3-1;1-2/h2-5,7,9,12H,6,8,10H2,1H3,(H,18,24)(H,20,25);1-4,6H,5H2;1-2H3/t12-;;/m0../s1. The zero-order chi connectivity index (χ0) is 23.6. The molecule has 0 saturated carbocycles. The Morgan fingerprint density at radius 1 is 1.21 bits per heavy atom. The average Bonchev–Trinajstić information content (AvgIpc) is 3.48. The molecule has 33 heavy (non-hydrogen) atoms. The maximum atomic E-state index is 12.3. The SMILES string of the molecule is C1=CCNC=C1.CC.Cc1cnc2ccc(N3CC[C@H](NC(=O)c4ccc[nH]c4=O)C3)nn12. The molecule has 2 aliphatic heterocycles. The highest BCUT2D eigenvalue weighted by atomic mass is 16.2. The number of aryl methyl sites for hydroxylation is 1. The fourth-order valence-electron chi connectivity index (χ4n) is 3.50. The van der Waals surface area contributed by atoms with Gasteiger partial charge in [-0.15, -0.1) is 5.10 Å². The van der Waals surface area contributed by atoms with Crippen molar-refractivity contribution in [3.8, 4) is 0 Å². The minimum Gasteiger partial charge on any atom is -0.387 e. The lowest BCUT2D eigenvalue weighted by Gasteiger charge is -2.18. The van der Waals surface area contributed by atoms with Crippen LogP contribution in [0.3, 0.4) is 0 Å². The second-order valence-electron chi connectivity index (χ2n) is 7.37. The van der Waals surface area contributed by atoms with Gasteiger partial charge in [0.05, 0.1) is 11.9 Å². The molecule has 0 aliphatic carbocycles. The maximum absolute atomic E-state index is 12.3. The molecule has 1 saturated heterocycles. The first-order valence-corrected chi connectivity index (χ1v) is 11.2. The van der Waals surface area contributed by atoms with Crippen molar-refractivity contribution in [2.75, 3.05) is 24.5 Å². The number of anilines is 1. The van der Waals surface area contributed by atoms with Gasteiger partial charge in [0, 0.05) is 31.9 Å². The molecule has 1 amide bonds. The first-order chi connectivity index (χ1) is 16.1. The summed E-state index contributed by atoms with van der Waals surface area (Å²) < 4.78 is 1.81. The number of hydrogen-bond acceptors (Lipinski definition) is 6. The van der Waals surface area contributed by atoms with Crippen molar-refractivity contribution in [1.82, 2.24) is 30.2 Å². The van der Waals surface area contributed by atoms with E-state index in [2.05, 4.69) is 36.7 Å². The lowest BCUT2D eigenvalue weighted by atomic mass is 10.2. The second-order valence-corrected chi connectivity index (χ2v) is 7.37. The van der Waals surface area contributed by atoms with Gasteiger partial charge in [0.2, 0.25) is 0 Å². The number of rotatable bonds is 3. The number of nitrogens with zero attached hydrogens (tertiary/aromatic N) is 4. The molecule has 5 heterocycles. The van der Waals surface area contributed by atoms with E-state index in [1.165, 1.54) is 12.3 Å². The van der Waals surface area contributed by atoms with Crippen LogP contribution >= 0.6 is 0 Å². The van der Waals surface area contributed by atoms with Gasteiger partial charge in [-0.05, 0) is 49.9 Å². The Kier molecular flexibility index (Phi) is 8.40. The number of imidazole rings is 1. The van der Waals surface area contributed by atoms with E-state index >= 15 is 0 Å². The lowest BCUT2D eigenvalue weighted by molar-refractivity contribution is 0.0939. The monoisotopic (exact) mass is 449 g/mol. The van der Waals surface area contributed by atoms with E-state index in [0.29, 0.717) is 6.54 Å². The summed E-state index contributed by atoms with van der Waals surface area (Å²) in [5.74, 6) is 0.505. The summed E-state index contributed by atoms with van der Waals surface area (Å²) in [5.41, 5.74) is 1.55. The fourth-order valence-corrected chi connectivity index (χ4v) is 3.50. The summed E-state index contributed by atoms with van der Waals surface area (Å²) in [7, 11) is 0. The number of pyridine rings is 1. The largest absolute Gasteiger partial charge is 0.387 e. The predicted molar refractivity (Wildman–Crippen MR) is 131 cm³/mol. The molecule has 9 nitrogen and oxygen atoms in total. The number of fused-ring (bicyclic) bond motifs is 1. The second kappa shape index (κ2) is 11.7. The van der Waals surface area contributed by atoms with Crippen LogP contribution in [0.15, 0.2) is 65.9 Å². The van der Waals surface area contributed by atoms with E-state index in [1.807, 2.05) is 55.8 Å². The summed E-state index contributed by atoms with van der Waals surface area (Å²) in [4.78, 5) is 32.9. The number of dihydropyridines is 1. The molecule has 3 N–H and O–H groups in total. The van der Waals surface area contributed by atoms with Gasteiger partial charge < -0.3 is 20.5 Å². The van der Waals surface area contributed by atoms with Gasteiger partial charge >= 0.3 is 0 Å². The smallest absolute Gasteiger partial charge is 0.260 e. The van der Waals surface area contributed by atoms with Crippen LogP contribution in [0.4, 0.5) is 5.82 Å². The van der Waals surface area contributed by atoms with Crippen molar-refractivity contribution in [1.29, 1.82) is 0 Å². The molecule has 0 aromatic carbocycles. The van der Waals surface area contributed by atoms with Crippen molar-refractivity contribution in [3.63, 3.8) is 0 Å². The van der Waals surface area contributed by atoms with Crippen LogP contribution in [0.1, 0.15) is 36.3 Å². The average molecular weight is 450 g/mol. The quantitative estimate of drug-likeness (QED) is 0.567. The number of hydrogen-bond donors (Lipinski definition) is 3. The maximum Gasteiger partial charge on any atom is 0.260 e. The topological polar surface area (TPSA) is 107 Å². The van der Waals surface area contributed by atoms with Crippen LogP contribution in [0.5, 0.6) is 0 Å². The third kappa shape index (κ3) is 6.09. The number of allylic oxidation sites excluding steroid dienone is 2. The van der Waals surface area contributed by atoms with Crippen molar-refractivity contribution in [2.24, 2.45) is 0 Å². The highest BCUT2D eigenvalue weighted by molar-refractivity contribution is 5.94. The van der Waals surface area contributed by atoms with Gasteiger partial charge in [0.25, 0.3) is 11.5 Å². The Morgan fingerprint density at radius 3 is 2.73 bits per heavy atom. The number of aromatic amines is 1. The zero-order valence-electron chi connectivity index (χ0n) is 19.3.